The van der Waals surface area contributed by atoms with Gasteiger partial charge < -0.3 is 9.64 Å². The molecular weight excluding hydrogens is 490 g/mol. The Hall–Kier alpha value is -3.67. The lowest BCUT2D eigenvalue weighted by Crippen LogP contribution is -2.45. The molecule has 0 spiro atoms. The molecule has 2 aliphatic rings. The van der Waals surface area contributed by atoms with Crippen LogP contribution in [-0.4, -0.2) is 48.9 Å². The Bertz CT molecular complexity index is 1490. The first kappa shape index (κ1) is 23.7. The number of ether oxygens (including phenoxy) is 1. The smallest absolute Gasteiger partial charge is 0.333 e. The quantitative estimate of drug-likeness (QED) is 0.350. The van der Waals surface area contributed by atoms with Crippen LogP contribution in [0.3, 0.4) is 0 Å². The molecule has 0 amide bonds. The molecular formula is C25H23F4N7O. The lowest BCUT2D eigenvalue weighted by atomic mass is 10.1. The molecule has 2 atom stereocenters. The lowest BCUT2D eigenvalue weighted by molar-refractivity contribution is -0.0391. The topological polar surface area (TPSA) is 81.9 Å². The van der Waals surface area contributed by atoms with Crippen LogP contribution in [0.4, 0.5) is 23.5 Å². The largest absolute Gasteiger partial charge is 0.366 e. The van der Waals surface area contributed by atoms with Gasteiger partial charge in [-0.25, -0.2) is 28.4 Å². The Morgan fingerprint density at radius 2 is 1.78 bits per heavy atom. The maximum Gasteiger partial charge on any atom is 0.333 e. The van der Waals surface area contributed by atoms with Crippen LogP contribution in [0.2, 0.25) is 0 Å². The van der Waals surface area contributed by atoms with E-state index < -0.39 is 24.3 Å². The first-order chi connectivity index (χ1) is 17.8. The van der Waals surface area contributed by atoms with Crippen LogP contribution < -0.4 is 4.90 Å². The molecule has 0 unspecified atom stereocenters. The minimum absolute atomic E-state index is 0.0781. The van der Waals surface area contributed by atoms with Gasteiger partial charge >= 0.3 is 6.55 Å². The van der Waals surface area contributed by atoms with Crippen molar-refractivity contribution >= 4 is 17.1 Å². The van der Waals surface area contributed by atoms with Gasteiger partial charge in [0.25, 0.3) is 0 Å². The number of nitrogens with zero attached hydrogens (tertiary/aromatic N) is 7. The zero-order valence-corrected chi connectivity index (χ0v) is 20.1. The molecule has 1 aliphatic carbocycles. The monoisotopic (exact) mass is 513 g/mol. The second-order valence-electron chi connectivity index (χ2n) is 9.50. The van der Waals surface area contributed by atoms with Crippen LogP contribution in [0.5, 0.6) is 0 Å². The molecule has 37 heavy (non-hydrogen) atoms. The van der Waals surface area contributed by atoms with Gasteiger partial charge in [-0.2, -0.15) is 18.9 Å². The fraction of sp³-hybridized carbons (Fsp3) is 0.400. The van der Waals surface area contributed by atoms with E-state index in [0.717, 1.165) is 25.0 Å². The summed E-state index contributed by atoms with van der Waals surface area (Å²) in [5.74, 6) is -0.856. The predicted octanol–water partition coefficient (Wildman–Crippen LogP) is 4.93. The van der Waals surface area contributed by atoms with E-state index in [0.29, 0.717) is 39.6 Å². The van der Waals surface area contributed by atoms with Crippen molar-refractivity contribution in [2.75, 3.05) is 18.0 Å². The zero-order valence-electron chi connectivity index (χ0n) is 20.1. The number of hydrogen-bond acceptors (Lipinski definition) is 7. The molecule has 2 fully saturated rings. The summed E-state index contributed by atoms with van der Waals surface area (Å²) in [6, 6.07) is 3.28. The Kier molecular flexibility index (Phi) is 5.78. The molecule has 6 rings (SSSR count). The highest BCUT2D eigenvalue weighted by Gasteiger charge is 2.40. The van der Waals surface area contributed by atoms with Crippen LogP contribution >= 0.6 is 0 Å². The van der Waals surface area contributed by atoms with Crippen molar-refractivity contribution in [2.24, 2.45) is 5.92 Å². The normalized spacial score (nSPS) is 20.2. The number of halogens is 4. The first-order valence-corrected chi connectivity index (χ1v) is 12.0. The van der Waals surface area contributed by atoms with Crippen molar-refractivity contribution in [3.8, 4) is 11.3 Å². The number of fused-ring (bicyclic) bond motifs is 1. The molecule has 1 aromatic carbocycles. The van der Waals surface area contributed by atoms with E-state index >= 15 is 0 Å². The number of morpholine rings is 1. The Labute approximate surface area is 209 Å². The molecule has 1 saturated heterocycles. The van der Waals surface area contributed by atoms with Crippen LogP contribution in [0.25, 0.3) is 22.4 Å². The number of alkyl halides is 2. The van der Waals surface area contributed by atoms with Gasteiger partial charge in [0, 0.05) is 29.9 Å². The molecule has 1 saturated carbocycles. The number of rotatable bonds is 5. The van der Waals surface area contributed by atoms with Gasteiger partial charge in [0.05, 0.1) is 30.2 Å². The van der Waals surface area contributed by atoms with E-state index in [9.17, 15) is 17.6 Å². The maximum atomic E-state index is 14.9. The summed E-state index contributed by atoms with van der Waals surface area (Å²) in [6.07, 6.45) is 3.98. The van der Waals surface area contributed by atoms with E-state index in [-0.39, 0.29) is 35.5 Å². The standard InChI is InChI=1S/C25H23F4N7O/c1-12-13(2)32-23-22(31-12)21(17-6-5-16(26)7-18(17)27)33-25(34-23)35-10-19(14-3-4-14)37-20(11-35)15-8-30-36(9-15)24(28)29/h5-9,14,19-20,24H,3-4,10-11H2,1-2H3/t19-,20+/m1/s1. The van der Waals surface area contributed by atoms with Gasteiger partial charge in [-0.1, -0.05) is 0 Å². The fourth-order valence-corrected chi connectivity index (χ4v) is 4.60. The molecule has 3 aromatic heterocycles. The van der Waals surface area contributed by atoms with Crippen LogP contribution in [-0.2, 0) is 4.74 Å². The summed E-state index contributed by atoms with van der Waals surface area (Å²) in [5, 5.41) is 3.75. The highest BCUT2D eigenvalue weighted by molar-refractivity contribution is 5.88. The van der Waals surface area contributed by atoms with E-state index in [1.807, 2.05) is 4.90 Å². The summed E-state index contributed by atoms with van der Waals surface area (Å²) in [7, 11) is 0. The molecule has 4 heterocycles. The minimum Gasteiger partial charge on any atom is -0.366 e. The number of benzene rings is 1. The molecule has 0 N–H and O–H groups in total. The van der Waals surface area contributed by atoms with Crippen molar-refractivity contribution in [1.29, 1.82) is 0 Å². The van der Waals surface area contributed by atoms with E-state index in [4.69, 9.17) is 4.74 Å². The third kappa shape index (κ3) is 4.50. The summed E-state index contributed by atoms with van der Waals surface area (Å²) < 4.78 is 61.7. The van der Waals surface area contributed by atoms with E-state index in [2.05, 4.69) is 25.0 Å². The fourth-order valence-electron chi connectivity index (χ4n) is 4.60. The average molecular weight is 513 g/mol. The summed E-state index contributed by atoms with van der Waals surface area (Å²) in [5.41, 5.74) is 2.69. The van der Waals surface area contributed by atoms with Crippen molar-refractivity contribution < 1.29 is 22.3 Å². The van der Waals surface area contributed by atoms with Crippen LogP contribution in [0.15, 0.2) is 30.6 Å². The number of hydrogen-bond donors (Lipinski definition) is 0. The number of aromatic nitrogens is 6. The molecule has 1 aliphatic heterocycles. The average Bonchev–Trinajstić information content (AvgIpc) is 3.60. The van der Waals surface area contributed by atoms with E-state index in [1.54, 1.807) is 13.8 Å². The van der Waals surface area contributed by atoms with Gasteiger partial charge in [0.1, 0.15) is 28.9 Å². The third-order valence-corrected chi connectivity index (χ3v) is 6.87. The van der Waals surface area contributed by atoms with Gasteiger partial charge in [0.15, 0.2) is 5.65 Å². The SMILES string of the molecule is Cc1nc2nc(N3C[C@@H](c4cnn(C(F)F)c4)O[C@@H](C4CC4)C3)nc(-c3ccc(F)cc3F)c2nc1C. The molecule has 192 valence electrons. The number of anilines is 1. The lowest BCUT2D eigenvalue weighted by Gasteiger charge is -2.38. The van der Waals surface area contributed by atoms with Gasteiger partial charge in [-0.15, -0.1) is 0 Å². The summed E-state index contributed by atoms with van der Waals surface area (Å²) in [4.78, 5) is 20.4. The van der Waals surface area contributed by atoms with Crippen molar-refractivity contribution in [3.63, 3.8) is 0 Å². The molecule has 0 radical (unpaired) electrons. The Morgan fingerprint density at radius 3 is 2.49 bits per heavy atom. The third-order valence-electron chi connectivity index (χ3n) is 6.87. The van der Waals surface area contributed by atoms with Gasteiger partial charge in [-0.3, -0.25) is 0 Å². The molecule has 4 aromatic rings. The Balaban J connectivity index is 1.45. The first-order valence-electron chi connectivity index (χ1n) is 12.0. The van der Waals surface area contributed by atoms with Crippen LogP contribution in [0, 0.1) is 31.4 Å². The highest BCUT2D eigenvalue weighted by atomic mass is 19.3. The predicted molar refractivity (Wildman–Crippen MR) is 126 cm³/mol. The van der Waals surface area contributed by atoms with Crippen molar-refractivity contribution in [3.05, 3.63) is 59.2 Å². The molecule has 8 nitrogen and oxygen atoms in total. The number of aryl methyl sites for hydroxylation is 2. The highest BCUT2D eigenvalue weighted by Crippen LogP contribution is 2.40. The van der Waals surface area contributed by atoms with Crippen molar-refractivity contribution in [1.82, 2.24) is 29.7 Å². The van der Waals surface area contributed by atoms with Gasteiger partial charge in [-0.05, 0) is 44.7 Å². The summed E-state index contributed by atoms with van der Waals surface area (Å²) in [6.45, 7) is 1.57. The molecule has 12 heteroatoms. The second kappa shape index (κ2) is 9.02. The van der Waals surface area contributed by atoms with Crippen molar-refractivity contribution in [2.45, 2.75) is 45.4 Å². The zero-order chi connectivity index (χ0) is 25.8. The second-order valence-corrected chi connectivity index (χ2v) is 9.50. The summed E-state index contributed by atoms with van der Waals surface area (Å²) >= 11 is 0. The molecule has 0 bridgehead atoms. The van der Waals surface area contributed by atoms with Gasteiger partial charge in [0.2, 0.25) is 5.95 Å². The minimum atomic E-state index is -2.75. The van der Waals surface area contributed by atoms with Crippen LogP contribution in [0.1, 0.15) is 42.4 Å². The maximum absolute atomic E-state index is 14.9. The Morgan fingerprint density at radius 1 is 1.00 bits per heavy atom. The van der Waals surface area contributed by atoms with E-state index in [1.165, 1.54) is 18.5 Å².